The minimum absolute atomic E-state index is 0.118. The number of benzene rings is 1. The zero-order valence-corrected chi connectivity index (χ0v) is 13.4. The van der Waals surface area contributed by atoms with E-state index in [9.17, 15) is 4.79 Å². The largest absolute Gasteiger partial charge is 0.494 e. The Hall–Kier alpha value is -1.88. The summed E-state index contributed by atoms with van der Waals surface area (Å²) >= 11 is 1.46. The smallest absolute Gasteiger partial charge is 0.270 e. The molecule has 0 aliphatic heterocycles. The predicted molar refractivity (Wildman–Crippen MR) is 85.9 cm³/mol. The van der Waals surface area contributed by atoms with Crippen molar-refractivity contribution < 1.29 is 9.53 Å². The maximum Gasteiger partial charge on any atom is 0.270 e. The van der Waals surface area contributed by atoms with Crippen LogP contribution in [-0.2, 0) is 0 Å². The van der Waals surface area contributed by atoms with Gasteiger partial charge in [-0.05, 0) is 25.0 Å². The monoisotopic (exact) mass is 304 g/mol. The molecule has 1 N–H and O–H groups in total. The Labute approximate surface area is 129 Å². The van der Waals surface area contributed by atoms with Crippen LogP contribution >= 0.6 is 11.3 Å². The molecule has 112 valence electrons. The van der Waals surface area contributed by atoms with Gasteiger partial charge in [0.1, 0.15) is 16.5 Å². The summed E-state index contributed by atoms with van der Waals surface area (Å²) in [6.45, 7) is 7.36. The molecule has 0 aliphatic rings. The SMILES string of the molecule is CCOc1cccc(-c2nc(C(=O)NCC(C)C)cs2)c1. The molecule has 0 radical (unpaired) electrons. The van der Waals surface area contributed by atoms with Crippen molar-refractivity contribution in [1.29, 1.82) is 0 Å². The van der Waals surface area contributed by atoms with Crippen molar-refractivity contribution in [3.05, 3.63) is 35.3 Å². The Balaban J connectivity index is 2.12. The van der Waals surface area contributed by atoms with Gasteiger partial charge < -0.3 is 10.1 Å². The summed E-state index contributed by atoms with van der Waals surface area (Å²) in [7, 11) is 0. The van der Waals surface area contributed by atoms with Crippen molar-refractivity contribution in [3.63, 3.8) is 0 Å². The van der Waals surface area contributed by atoms with E-state index in [0.29, 0.717) is 24.8 Å². The Morgan fingerprint density at radius 1 is 1.43 bits per heavy atom. The molecule has 5 heteroatoms. The van der Waals surface area contributed by atoms with Crippen molar-refractivity contribution in [2.75, 3.05) is 13.2 Å². The highest BCUT2D eigenvalue weighted by molar-refractivity contribution is 7.13. The Kier molecular flexibility index (Phi) is 5.33. The molecule has 1 amide bonds. The first kappa shape index (κ1) is 15.5. The molecule has 0 saturated heterocycles. The van der Waals surface area contributed by atoms with Gasteiger partial charge in [-0.15, -0.1) is 11.3 Å². The topological polar surface area (TPSA) is 51.2 Å². The summed E-state index contributed by atoms with van der Waals surface area (Å²) in [6, 6.07) is 7.76. The predicted octanol–water partition coefficient (Wildman–Crippen LogP) is 3.59. The molecule has 1 aromatic heterocycles. The first-order valence-electron chi connectivity index (χ1n) is 7.07. The highest BCUT2D eigenvalue weighted by Gasteiger charge is 2.12. The number of carbonyl (C=O) groups is 1. The maximum absolute atomic E-state index is 12.0. The van der Waals surface area contributed by atoms with Gasteiger partial charge >= 0.3 is 0 Å². The van der Waals surface area contributed by atoms with E-state index in [0.717, 1.165) is 16.3 Å². The van der Waals surface area contributed by atoms with Gasteiger partial charge in [0.25, 0.3) is 5.91 Å². The molecule has 1 aromatic carbocycles. The molecule has 0 aliphatic carbocycles. The van der Waals surface area contributed by atoms with Crippen LogP contribution in [0.25, 0.3) is 10.6 Å². The first-order valence-corrected chi connectivity index (χ1v) is 7.95. The standard InChI is InChI=1S/C16H20N2O2S/c1-4-20-13-7-5-6-12(8-13)16-18-14(10-21-16)15(19)17-9-11(2)3/h5-8,10-11H,4,9H2,1-3H3,(H,17,19). The molecule has 4 nitrogen and oxygen atoms in total. The van der Waals surface area contributed by atoms with Gasteiger partial charge in [0.05, 0.1) is 6.61 Å². The highest BCUT2D eigenvalue weighted by atomic mass is 32.1. The Bertz CT molecular complexity index is 608. The lowest BCUT2D eigenvalue weighted by Gasteiger charge is -2.05. The highest BCUT2D eigenvalue weighted by Crippen LogP contribution is 2.27. The second kappa shape index (κ2) is 7.22. The maximum atomic E-state index is 12.0. The van der Waals surface area contributed by atoms with Gasteiger partial charge in [0.2, 0.25) is 0 Å². The summed E-state index contributed by atoms with van der Waals surface area (Å²) in [5.41, 5.74) is 1.44. The number of hydrogen-bond acceptors (Lipinski definition) is 4. The van der Waals surface area contributed by atoms with E-state index in [1.807, 2.05) is 31.2 Å². The van der Waals surface area contributed by atoms with Gasteiger partial charge in [-0.1, -0.05) is 26.0 Å². The lowest BCUT2D eigenvalue weighted by Crippen LogP contribution is -2.27. The summed E-state index contributed by atoms with van der Waals surface area (Å²) in [5.74, 6) is 1.12. The first-order chi connectivity index (χ1) is 10.1. The number of aromatic nitrogens is 1. The lowest BCUT2D eigenvalue weighted by molar-refractivity contribution is 0.0945. The molecule has 2 rings (SSSR count). The second-order valence-electron chi connectivity index (χ2n) is 5.10. The number of nitrogens with one attached hydrogen (secondary N) is 1. The van der Waals surface area contributed by atoms with Crippen LogP contribution < -0.4 is 10.1 Å². The summed E-state index contributed by atoms with van der Waals surface area (Å²) in [4.78, 5) is 16.4. The molecule has 21 heavy (non-hydrogen) atoms. The second-order valence-corrected chi connectivity index (χ2v) is 5.96. The van der Waals surface area contributed by atoms with Crippen LogP contribution in [0.15, 0.2) is 29.6 Å². The van der Waals surface area contributed by atoms with E-state index in [-0.39, 0.29) is 5.91 Å². The number of carbonyl (C=O) groups excluding carboxylic acids is 1. The minimum Gasteiger partial charge on any atom is -0.494 e. The fourth-order valence-electron chi connectivity index (χ4n) is 1.78. The zero-order valence-electron chi connectivity index (χ0n) is 12.6. The summed E-state index contributed by atoms with van der Waals surface area (Å²) < 4.78 is 5.48. The lowest BCUT2D eigenvalue weighted by atomic mass is 10.2. The normalized spacial score (nSPS) is 10.7. The van der Waals surface area contributed by atoms with Crippen molar-refractivity contribution in [1.82, 2.24) is 10.3 Å². The van der Waals surface area contributed by atoms with Gasteiger partial charge in [0.15, 0.2) is 0 Å². The molecule has 2 aromatic rings. The molecule has 0 fully saturated rings. The Morgan fingerprint density at radius 2 is 2.24 bits per heavy atom. The molecule has 0 unspecified atom stereocenters. The average Bonchev–Trinajstić information content (AvgIpc) is 2.95. The molecule has 0 bridgehead atoms. The summed E-state index contributed by atoms with van der Waals surface area (Å²) in [6.07, 6.45) is 0. The van der Waals surface area contributed by atoms with Gasteiger partial charge in [0, 0.05) is 17.5 Å². The van der Waals surface area contributed by atoms with Crippen molar-refractivity contribution in [2.24, 2.45) is 5.92 Å². The van der Waals surface area contributed by atoms with Crippen LogP contribution in [0, 0.1) is 5.92 Å². The van der Waals surface area contributed by atoms with Crippen molar-refractivity contribution in [2.45, 2.75) is 20.8 Å². The molecule has 1 heterocycles. The molecule has 0 spiro atoms. The average molecular weight is 304 g/mol. The van der Waals surface area contributed by atoms with Crippen LogP contribution in [0.1, 0.15) is 31.3 Å². The van der Waals surface area contributed by atoms with E-state index in [4.69, 9.17) is 4.74 Å². The molecular weight excluding hydrogens is 284 g/mol. The van der Waals surface area contributed by atoms with Gasteiger partial charge in [-0.25, -0.2) is 4.98 Å². The molecular formula is C16H20N2O2S. The number of amides is 1. The van der Waals surface area contributed by atoms with Crippen LogP contribution in [-0.4, -0.2) is 24.0 Å². The van der Waals surface area contributed by atoms with E-state index in [1.54, 1.807) is 5.38 Å². The minimum atomic E-state index is -0.118. The number of ether oxygens (including phenoxy) is 1. The summed E-state index contributed by atoms with van der Waals surface area (Å²) in [5, 5.41) is 5.49. The quantitative estimate of drug-likeness (QED) is 0.887. The van der Waals surface area contributed by atoms with E-state index >= 15 is 0 Å². The number of thiazole rings is 1. The van der Waals surface area contributed by atoms with Crippen LogP contribution in [0.3, 0.4) is 0 Å². The third kappa shape index (κ3) is 4.29. The van der Waals surface area contributed by atoms with E-state index in [2.05, 4.69) is 24.1 Å². The number of rotatable bonds is 6. The zero-order chi connectivity index (χ0) is 15.2. The Morgan fingerprint density at radius 3 is 2.95 bits per heavy atom. The van der Waals surface area contributed by atoms with E-state index in [1.165, 1.54) is 11.3 Å². The van der Waals surface area contributed by atoms with Crippen LogP contribution in [0.2, 0.25) is 0 Å². The third-order valence-corrected chi connectivity index (χ3v) is 3.69. The van der Waals surface area contributed by atoms with E-state index < -0.39 is 0 Å². The van der Waals surface area contributed by atoms with Crippen molar-refractivity contribution in [3.8, 4) is 16.3 Å². The van der Waals surface area contributed by atoms with Gasteiger partial charge in [-0.3, -0.25) is 4.79 Å². The molecule has 0 atom stereocenters. The van der Waals surface area contributed by atoms with Crippen LogP contribution in [0.5, 0.6) is 5.75 Å². The molecule has 0 saturated carbocycles. The fourth-order valence-corrected chi connectivity index (χ4v) is 2.58. The number of hydrogen-bond donors (Lipinski definition) is 1. The van der Waals surface area contributed by atoms with Crippen LogP contribution in [0.4, 0.5) is 0 Å². The number of nitrogens with zero attached hydrogens (tertiary/aromatic N) is 1. The van der Waals surface area contributed by atoms with Crippen molar-refractivity contribution >= 4 is 17.2 Å². The third-order valence-electron chi connectivity index (χ3n) is 2.80. The fraction of sp³-hybridized carbons (Fsp3) is 0.375. The van der Waals surface area contributed by atoms with Gasteiger partial charge in [-0.2, -0.15) is 0 Å².